The van der Waals surface area contributed by atoms with Gasteiger partial charge in [0.2, 0.25) is 0 Å². The van der Waals surface area contributed by atoms with Crippen molar-refractivity contribution in [3.63, 3.8) is 0 Å². The molecule has 3 aromatic rings. The van der Waals surface area contributed by atoms with Gasteiger partial charge in [0.05, 0.1) is 23.5 Å². The van der Waals surface area contributed by atoms with Crippen molar-refractivity contribution in [3.05, 3.63) is 83.7 Å². The van der Waals surface area contributed by atoms with Crippen LogP contribution in [0, 0.1) is 11.3 Å². The van der Waals surface area contributed by atoms with E-state index in [-0.39, 0.29) is 5.91 Å². The second kappa shape index (κ2) is 7.30. The van der Waals surface area contributed by atoms with Crippen molar-refractivity contribution in [3.8, 4) is 6.07 Å². The molecule has 0 unspecified atom stereocenters. The Morgan fingerprint density at radius 2 is 2.00 bits per heavy atom. The molecule has 132 valence electrons. The number of hydrogen-bond acceptors (Lipinski definition) is 4. The van der Waals surface area contributed by atoms with Crippen LogP contribution in [0.2, 0.25) is 0 Å². The molecule has 0 atom stereocenters. The highest BCUT2D eigenvalue weighted by Crippen LogP contribution is 2.32. The first-order valence-electron chi connectivity index (χ1n) is 8.87. The molecule has 1 aliphatic rings. The fourth-order valence-electron chi connectivity index (χ4n) is 3.34. The summed E-state index contributed by atoms with van der Waals surface area (Å²) < 4.78 is 0. The number of nitrogens with zero attached hydrogens (tertiary/aromatic N) is 3. The normalized spacial score (nSPS) is 12.8. The van der Waals surface area contributed by atoms with Crippen molar-refractivity contribution >= 4 is 23.0 Å². The summed E-state index contributed by atoms with van der Waals surface area (Å²) in [7, 11) is 0. The lowest BCUT2D eigenvalue weighted by molar-refractivity contribution is 0.102. The third kappa shape index (κ3) is 3.51. The molecule has 1 aromatic heterocycles. The van der Waals surface area contributed by atoms with Crippen LogP contribution in [-0.4, -0.2) is 17.4 Å². The highest BCUT2D eigenvalue weighted by molar-refractivity contribution is 6.03. The van der Waals surface area contributed by atoms with E-state index in [0.29, 0.717) is 16.9 Å². The average Bonchev–Trinajstić information content (AvgIpc) is 2.73. The van der Waals surface area contributed by atoms with Gasteiger partial charge in [-0.25, -0.2) is 4.98 Å². The first kappa shape index (κ1) is 16.8. The zero-order chi connectivity index (χ0) is 18.6. The maximum Gasteiger partial charge on any atom is 0.274 e. The van der Waals surface area contributed by atoms with Crippen LogP contribution in [-0.2, 0) is 6.42 Å². The second-order valence-electron chi connectivity index (χ2n) is 6.43. The minimum Gasteiger partial charge on any atom is -0.340 e. The topological polar surface area (TPSA) is 69.0 Å². The van der Waals surface area contributed by atoms with Gasteiger partial charge in [0.15, 0.2) is 0 Å². The van der Waals surface area contributed by atoms with E-state index in [9.17, 15) is 4.79 Å². The maximum absolute atomic E-state index is 12.4. The number of pyridine rings is 1. The average molecular weight is 354 g/mol. The molecule has 0 radical (unpaired) electrons. The quantitative estimate of drug-likeness (QED) is 0.762. The van der Waals surface area contributed by atoms with Crippen LogP contribution in [0.4, 0.5) is 17.1 Å². The number of aromatic nitrogens is 1. The molecule has 0 bridgehead atoms. The van der Waals surface area contributed by atoms with Crippen molar-refractivity contribution in [1.29, 1.82) is 5.26 Å². The number of hydrogen-bond donors (Lipinski definition) is 1. The van der Waals surface area contributed by atoms with E-state index in [1.165, 1.54) is 11.3 Å². The lowest BCUT2D eigenvalue weighted by Crippen LogP contribution is -2.24. The van der Waals surface area contributed by atoms with Gasteiger partial charge in [-0.1, -0.05) is 24.3 Å². The number of benzene rings is 2. The number of anilines is 3. The number of para-hydroxylation sites is 1. The molecular formula is C22H18N4O. The molecule has 0 spiro atoms. The maximum atomic E-state index is 12.4. The minimum absolute atomic E-state index is 0.296. The number of rotatable bonds is 3. The number of aryl methyl sites for hydroxylation is 1. The van der Waals surface area contributed by atoms with Gasteiger partial charge in [-0.3, -0.25) is 4.79 Å². The number of amides is 1. The fraction of sp³-hybridized carbons (Fsp3) is 0.136. The molecule has 1 aliphatic heterocycles. The Hall–Kier alpha value is -3.65. The van der Waals surface area contributed by atoms with Gasteiger partial charge >= 0.3 is 0 Å². The second-order valence-corrected chi connectivity index (χ2v) is 6.43. The summed E-state index contributed by atoms with van der Waals surface area (Å²) >= 11 is 0. The van der Waals surface area contributed by atoms with Gasteiger partial charge in [0.1, 0.15) is 5.69 Å². The van der Waals surface area contributed by atoms with E-state index in [4.69, 9.17) is 5.26 Å². The molecule has 0 saturated heterocycles. The molecular weight excluding hydrogens is 336 g/mol. The summed E-state index contributed by atoms with van der Waals surface area (Å²) in [5.41, 5.74) is 4.94. The van der Waals surface area contributed by atoms with Gasteiger partial charge in [0.25, 0.3) is 5.91 Å². The Morgan fingerprint density at radius 1 is 1.11 bits per heavy atom. The van der Waals surface area contributed by atoms with Gasteiger partial charge < -0.3 is 10.2 Å². The zero-order valence-corrected chi connectivity index (χ0v) is 14.7. The van der Waals surface area contributed by atoms with Crippen molar-refractivity contribution in [2.45, 2.75) is 12.8 Å². The molecule has 0 fully saturated rings. The summed E-state index contributed by atoms with van der Waals surface area (Å²) in [6.45, 7) is 0.936. The molecule has 0 saturated carbocycles. The Bertz CT molecular complexity index is 1020. The van der Waals surface area contributed by atoms with E-state index in [0.717, 1.165) is 25.1 Å². The molecule has 0 aliphatic carbocycles. The smallest absolute Gasteiger partial charge is 0.274 e. The number of carbonyl (C=O) groups is 1. The fourth-order valence-corrected chi connectivity index (χ4v) is 3.34. The van der Waals surface area contributed by atoms with E-state index in [1.54, 1.807) is 36.5 Å². The predicted molar refractivity (Wildman–Crippen MR) is 105 cm³/mol. The van der Waals surface area contributed by atoms with Gasteiger partial charge in [-0.05, 0) is 54.8 Å². The molecule has 2 heterocycles. The van der Waals surface area contributed by atoms with Gasteiger partial charge in [-0.2, -0.15) is 5.26 Å². The first-order valence-corrected chi connectivity index (χ1v) is 8.87. The number of nitriles is 1. The lowest BCUT2D eigenvalue weighted by atomic mass is 10.0. The highest BCUT2D eigenvalue weighted by atomic mass is 16.1. The van der Waals surface area contributed by atoms with Crippen molar-refractivity contribution in [2.24, 2.45) is 0 Å². The predicted octanol–water partition coefficient (Wildman–Crippen LogP) is 4.29. The molecule has 2 aromatic carbocycles. The Labute approximate surface area is 157 Å². The van der Waals surface area contributed by atoms with E-state index < -0.39 is 0 Å². The molecule has 4 rings (SSSR count). The number of fused-ring (bicyclic) bond motifs is 1. The van der Waals surface area contributed by atoms with Crippen molar-refractivity contribution < 1.29 is 4.79 Å². The Balaban J connectivity index is 1.53. The lowest BCUT2D eigenvalue weighted by Gasteiger charge is -2.31. The molecule has 1 amide bonds. The van der Waals surface area contributed by atoms with Gasteiger partial charge in [-0.15, -0.1) is 0 Å². The monoisotopic (exact) mass is 354 g/mol. The minimum atomic E-state index is -0.296. The summed E-state index contributed by atoms with van der Waals surface area (Å²) in [6, 6.07) is 20.9. The first-order chi connectivity index (χ1) is 13.2. The Morgan fingerprint density at radius 3 is 2.81 bits per heavy atom. The SMILES string of the molecule is N#Cc1cccc(NC(=O)c2ccc(N3CCCc4ccccc43)cn2)c1. The van der Waals surface area contributed by atoms with Crippen molar-refractivity contribution in [1.82, 2.24) is 4.98 Å². The molecule has 5 heteroatoms. The molecule has 27 heavy (non-hydrogen) atoms. The van der Waals surface area contributed by atoms with Crippen LogP contribution in [0.3, 0.4) is 0 Å². The molecule has 1 N–H and O–H groups in total. The van der Waals surface area contributed by atoms with Gasteiger partial charge in [0, 0.05) is 17.9 Å². The standard InChI is InChI=1S/C22H18N4O/c23-14-16-5-3-8-18(13-16)25-22(27)20-11-10-19(15-24-20)26-12-4-7-17-6-1-2-9-21(17)26/h1-3,5-6,8-11,13,15H,4,7,12H2,(H,25,27). The van der Waals surface area contributed by atoms with Crippen LogP contribution < -0.4 is 10.2 Å². The van der Waals surface area contributed by atoms with Crippen LogP contribution in [0.5, 0.6) is 0 Å². The summed E-state index contributed by atoms with van der Waals surface area (Å²) in [5, 5.41) is 11.7. The van der Waals surface area contributed by atoms with Crippen molar-refractivity contribution in [2.75, 3.05) is 16.8 Å². The Kier molecular flexibility index (Phi) is 4.54. The van der Waals surface area contributed by atoms with Crippen LogP contribution in [0.25, 0.3) is 0 Å². The van der Waals surface area contributed by atoms with Crippen LogP contribution >= 0.6 is 0 Å². The van der Waals surface area contributed by atoms with E-state index >= 15 is 0 Å². The number of nitrogens with one attached hydrogen (secondary N) is 1. The van der Waals surface area contributed by atoms with Crippen LogP contribution in [0.15, 0.2) is 66.9 Å². The number of carbonyl (C=O) groups excluding carboxylic acids is 1. The van der Waals surface area contributed by atoms with E-state index in [2.05, 4.69) is 39.5 Å². The third-order valence-electron chi connectivity index (χ3n) is 4.65. The molecule has 5 nitrogen and oxygen atoms in total. The summed E-state index contributed by atoms with van der Waals surface area (Å²) in [4.78, 5) is 19.0. The highest BCUT2D eigenvalue weighted by Gasteiger charge is 2.18. The largest absolute Gasteiger partial charge is 0.340 e. The summed E-state index contributed by atoms with van der Waals surface area (Å²) in [5.74, 6) is -0.296. The third-order valence-corrected chi connectivity index (χ3v) is 4.65. The van der Waals surface area contributed by atoms with Crippen LogP contribution in [0.1, 0.15) is 28.0 Å². The summed E-state index contributed by atoms with van der Waals surface area (Å²) in [6.07, 6.45) is 3.92. The zero-order valence-electron chi connectivity index (χ0n) is 14.7. The van der Waals surface area contributed by atoms with E-state index in [1.807, 2.05) is 12.1 Å².